The third-order valence-electron chi connectivity index (χ3n) is 3.28. The van der Waals surface area contributed by atoms with E-state index in [0.717, 1.165) is 11.1 Å². The molecule has 1 aromatic carbocycles. The van der Waals surface area contributed by atoms with Crippen molar-refractivity contribution in [2.24, 2.45) is 0 Å². The van der Waals surface area contributed by atoms with Crippen LogP contribution in [-0.4, -0.2) is 28.2 Å². The molecule has 2 unspecified atom stereocenters. The van der Waals surface area contributed by atoms with Crippen LogP contribution in [-0.2, 0) is 0 Å². The molecule has 0 saturated heterocycles. The lowest BCUT2D eigenvalue weighted by atomic mass is 9.99. The summed E-state index contributed by atoms with van der Waals surface area (Å²) in [6.07, 6.45) is 0. The summed E-state index contributed by atoms with van der Waals surface area (Å²) in [5, 5.41) is 0. The summed E-state index contributed by atoms with van der Waals surface area (Å²) in [6, 6.07) is 7.47. The molecule has 1 saturated carbocycles. The van der Waals surface area contributed by atoms with Gasteiger partial charge in [-0.15, -0.1) is 0 Å². The van der Waals surface area contributed by atoms with E-state index in [4.69, 9.17) is 23.2 Å². The van der Waals surface area contributed by atoms with Crippen LogP contribution in [0.25, 0.3) is 0 Å². The van der Waals surface area contributed by atoms with E-state index >= 15 is 0 Å². The van der Waals surface area contributed by atoms with E-state index in [-0.39, 0.29) is 17.9 Å². The number of amides is 1. The molecule has 1 aromatic rings. The van der Waals surface area contributed by atoms with Crippen LogP contribution in [0.4, 0.5) is 0 Å². The van der Waals surface area contributed by atoms with Crippen molar-refractivity contribution in [1.82, 2.24) is 4.90 Å². The van der Waals surface area contributed by atoms with Crippen molar-refractivity contribution in [3.8, 4) is 0 Å². The van der Waals surface area contributed by atoms with Crippen molar-refractivity contribution in [3.05, 3.63) is 35.4 Å². The van der Waals surface area contributed by atoms with Gasteiger partial charge in [-0.3, -0.25) is 4.79 Å². The molecule has 15 heavy (non-hydrogen) atoms. The molecule has 2 aliphatic rings. The van der Waals surface area contributed by atoms with Crippen molar-refractivity contribution in [3.63, 3.8) is 0 Å². The average molecular weight is 242 g/mol. The third-order valence-corrected chi connectivity index (χ3v) is 4.20. The van der Waals surface area contributed by atoms with Crippen molar-refractivity contribution in [1.29, 1.82) is 0 Å². The number of likely N-dealkylation sites (N-methyl/N-ethyl adjacent to an activating group) is 1. The van der Waals surface area contributed by atoms with Crippen LogP contribution in [0, 0.1) is 0 Å². The van der Waals surface area contributed by atoms with E-state index in [0.29, 0.717) is 0 Å². The summed E-state index contributed by atoms with van der Waals surface area (Å²) in [5.74, 6) is 0.0785. The molecule has 78 valence electrons. The molecule has 0 spiro atoms. The lowest BCUT2D eigenvalue weighted by Gasteiger charge is -2.23. The summed E-state index contributed by atoms with van der Waals surface area (Å²) in [6.45, 7) is 0. The highest BCUT2D eigenvalue weighted by Crippen LogP contribution is 2.64. The van der Waals surface area contributed by atoms with E-state index in [9.17, 15) is 4.79 Å². The first kappa shape index (κ1) is 9.49. The summed E-state index contributed by atoms with van der Waals surface area (Å²) in [5.41, 5.74) is 1.71. The Morgan fingerprint density at radius 1 is 1.33 bits per heavy atom. The molecule has 4 heteroatoms. The Kier molecular flexibility index (Phi) is 1.70. The number of nitrogens with zero attached hydrogens (tertiary/aromatic N) is 1. The fourth-order valence-electron chi connectivity index (χ4n) is 2.45. The molecule has 0 aromatic heterocycles. The van der Waals surface area contributed by atoms with Gasteiger partial charge in [0.2, 0.25) is 0 Å². The number of rotatable bonds is 0. The number of alkyl halides is 2. The van der Waals surface area contributed by atoms with Gasteiger partial charge in [0, 0.05) is 18.5 Å². The predicted molar refractivity (Wildman–Crippen MR) is 59.5 cm³/mol. The van der Waals surface area contributed by atoms with Gasteiger partial charge in [0.15, 0.2) is 0 Å². The Morgan fingerprint density at radius 3 is 2.73 bits per heavy atom. The number of benzene rings is 1. The van der Waals surface area contributed by atoms with Crippen molar-refractivity contribution in [2.45, 2.75) is 16.3 Å². The second kappa shape index (κ2) is 2.69. The second-order valence-electron chi connectivity index (χ2n) is 4.10. The van der Waals surface area contributed by atoms with Gasteiger partial charge in [0.25, 0.3) is 5.91 Å². The molecule has 2 nitrogen and oxygen atoms in total. The number of carbonyl (C=O) groups excluding carboxylic acids is 1. The van der Waals surface area contributed by atoms with Gasteiger partial charge in [-0.25, -0.2) is 0 Å². The predicted octanol–water partition coefficient (Wildman–Crippen LogP) is 2.41. The lowest BCUT2D eigenvalue weighted by Crippen LogP contribution is -2.34. The van der Waals surface area contributed by atoms with Crippen LogP contribution in [0.3, 0.4) is 0 Å². The zero-order chi connectivity index (χ0) is 10.8. The number of fused-ring (bicyclic) bond motifs is 3. The highest BCUT2D eigenvalue weighted by Gasteiger charge is 2.69. The van der Waals surface area contributed by atoms with Crippen LogP contribution in [0.15, 0.2) is 24.3 Å². The minimum atomic E-state index is -0.809. The molecule has 3 rings (SSSR count). The van der Waals surface area contributed by atoms with Crippen LogP contribution in [0.1, 0.15) is 21.8 Å². The molecule has 0 bridgehead atoms. The summed E-state index contributed by atoms with van der Waals surface area (Å²) < 4.78 is -0.809. The fourth-order valence-corrected chi connectivity index (χ4v) is 3.34. The number of carbonyl (C=O) groups is 1. The monoisotopic (exact) mass is 241 g/mol. The van der Waals surface area contributed by atoms with E-state index in [2.05, 4.69) is 0 Å². The Hall–Kier alpha value is -0.730. The Bertz CT molecular complexity index is 458. The molecule has 2 atom stereocenters. The van der Waals surface area contributed by atoms with Crippen LogP contribution in [0.2, 0.25) is 0 Å². The lowest BCUT2D eigenvalue weighted by molar-refractivity contribution is 0.0769. The first-order chi connectivity index (χ1) is 7.05. The average Bonchev–Trinajstić information content (AvgIpc) is 2.79. The minimum Gasteiger partial charge on any atom is -0.335 e. The van der Waals surface area contributed by atoms with Gasteiger partial charge >= 0.3 is 0 Å². The SMILES string of the molecule is CN1C(=O)c2ccccc2C2C1C2(Cl)Cl. The maximum atomic E-state index is 12.0. The van der Waals surface area contributed by atoms with Gasteiger partial charge in [0.05, 0.1) is 6.04 Å². The molecular weight excluding hydrogens is 233 g/mol. The summed E-state index contributed by atoms with van der Waals surface area (Å²) in [4.78, 5) is 13.6. The molecule has 0 radical (unpaired) electrons. The Morgan fingerprint density at radius 2 is 2.00 bits per heavy atom. The van der Waals surface area contributed by atoms with E-state index < -0.39 is 4.33 Å². The second-order valence-corrected chi connectivity index (χ2v) is 5.54. The summed E-state index contributed by atoms with van der Waals surface area (Å²) in [7, 11) is 1.75. The largest absolute Gasteiger partial charge is 0.335 e. The molecular formula is C11H9Cl2NO. The van der Waals surface area contributed by atoms with Crippen LogP contribution < -0.4 is 0 Å². The molecule has 1 amide bonds. The fraction of sp³-hybridized carbons (Fsp3) is 0.364. The van der Waals surface area contributed by atoms with Gasteiger partial charge < -0.3 is 4.90 Å². The van der Waals surface area contributed by atoms with Crippen molar-refractivity contribution < 1.29 is 4.79 Å². The van der Waals surface area contributed by atoms with Crippen molar-refractivity contribution >= 4 is 29.1 Å². The number of hydrogen-bond donors (Lipinski definition) is 0. The Balaban J connectivity index is 2.20. The number of halogens is 2. The smallest absolute Gasteiger partial charge is 0.254 e. The van der Waals surface area contributed by atoms with Gasteiger partial charge in [0.1, 0.15) is 4.33 Å². The third kappa shape index (κ3) is 1.04. The summed E-state index contributed by atoms with van der Waals surface area (Å²) >= 11 is 12.3. The molecule has 1 fully saturated rings. The van der Waals surface area contributed by atoms with Crippen LogP contribution in [0.5, 0.6) is 0 Å². The van der Waals surface area contributed by atoms with E-state index in [1.165, 1.54) is 0 Å². The van der Waals surface area contributed by atoms with Gasteiger partial charge in [-0.05, 0) is 11.6 Å². The van der Waals surface area contributed by atoms with E-state index in [1.54, 1.807) is 11.9 Å². The maximum absolute atomic E-state index is 12.0. The zero-order valence-corrected chi connectivity index (χ0v) is 9.59. The maximum Gasteiger partial charge on any atom is 0.254 e. The van der Waals surface area contributed by atoms with Gasteiger partial charge in [-0.1, -0.05) is 41.4 Å². The van der Waals surface area contributed by atoms with Crippen LogP contribution >= 0.6 is 23.2 Å². The topological polar surface area (TPSA) is 20.3 Å². The van der Waals surface area contributed by atoms with Gasteiger partial charge in [-0.2, -0.15) is 0 Å². The van der Waals surface area contributed by atoms with Crippen molar-refractivity contribution in [2.75, 3.05) is 7.05 Å². The van der Waals surface area contributed by atoms with E-state index in [1.807, 2.05) is 24.3 Å². The highest BCUT2D eigenvalue weighted by atomic mass is 35.5. The molecule has 1 aliphatic heterocycles. The Labute approximate surface area is 97.8 Å². The first-order valence-corrected chi connectivity index (χ1v) is 5.54. The standard InChI is InChI=1S/C11H9Cl2NO/c1-14-9-8(11(9,12)13)6-4-2-3-5-7(6)10(14)15/h2-5,8-9H,1H3. The quantitative estimate of drug-likeness (QED) is 0.640. The number of hydrogen-bond acceptors (Lipinski definition) is 1. The highest BCUT2D eigenvalue weighted by molar-refractivity contribution is 6.53. The molecule has 0 N–H and O–H groups in total. The minimum absolute atomic E-state index is 0.00928. The normalized spacial score (nSPS) is 30.9. The molecule has 1 aliphatic carbocycles. The zero-order valence-electron chi connectivity index (χ0n) is 8.08. The molecule has 1 heterocycles. The first-order valence-electron chi connectivity index (χ1n) is 4.79.